The van der Waals surface area contributed by atoms with E-state index >= 15 is 0 Å². The number of hydrazone groups is 1. The van der Waals surface area contributed by atoms with Crippen LogP contribution < -0.4 is 8.92 Å². The number of benzene rings is 3. The number of fused-ring (bicyclic) bond motifs is 1. The van der Waals surface area contributed by atoms with Crippen LogP contribution in [0.5, 0.6) is 11.5 Å². The molecule has 0 spiro atoms. The van der Waals surface area contributed by atoms with E-state index in [0.717, 1.165) is 10.6 Å². The van der Waals surface area contributed by atoms with Gasteiger partial charge >= 0.3 is 10.1 Å². The molecule has 0 fully saturated rings. The quantitative estimate of drug-likeness (QED) is 0.324. The number of carbonyl (C=O) groups is 2. The summed E-state index contributed by atoms with van der Waals surface area (Å²) in [4.78, 5) is 24.8. The van der Waals surface area contributed by atoms with E-state index in [4.69, 9.17) is 8.92 Å². The predicted octanol–water partition coefficient (Wildman–Crippen LogP) is 3.40. The lowest BCUT2D eigenvalue weighted by Crippen LogP contribution is -2.24. The van der Waals surface area contributed by atoms with Crippen molar-refractivity contribution < 1.29 is 26.9 Å². The summed E-state index contributed by atoms with van der Waals surface area (Å²) in [5, 5.41) is 4.78. The zero-order valence-corrected chi connectivity index (χ0v) is 18.0. The standard InChI is InChI=1S/C23H18N2O6S/c1-15-7-10-17(11-8-15)32(28,29)31-20-12-9-16(13-21(20)30-2)14-24-25-22(26)18-5-3-4-6-19(18)23(25)27/h3-14H,1-2H3/b24-14+. The lowest BCUT2D eigenvalue weighted by Gasteiger charge is -2.12. The van der Waals surface area contributed by atoms with Crippen LogP contribution in [0.1, 0.15) is 31.8 Å². The van der Waals surface area contributed by atoms with Gasteiger partial charge in [-0.1, -0.05) is 29.8 Å². The van der Waals surface area contributed by atoms with Gasteiger partial charge in [-0.15, -0.1) is 0 Å². The molecule has 4 rings (SSSR count). The number of imide groups is 1. The first kappa shape index (κ1) is 21.3. The number of amides is 2. The van der Waals surface area contributed by atoms with Crippen LogP contribution in [0.3, 0.4) is 0 Å². The largest absolute Gasteiger partial charge is 0.493 e. The van der Waals surface area contributed by atoms with E-state index < -0.39 is 21.9 Å². The number of aryl methyl sites for hydroxylation is 1. The topological polar surface area (TPSA) is 102 Å². The molecule has 0 N–H and O–H groups in total. The number of hydrogen-bond donors (Lipinski definition) is 0. The van der Waals surface area contributed by atoms with Crippen molar-refractivity contribution >= 4 is 28.1 Å². The Kier molecular flexibility index (Phi) is 5.50. The van der Waals surface area contributed by atoms with Gasteiger partial charge in [-0.3, -0.25) is 9.59 Å². The molecule has 0 aromatic heterocycles. The van der Waals surface area contributed by atoms with Crippen molar-refractivity contribution in [1.82, 2.24) is 5.01 Å². The minimum atomic E-state index is -4.06. The molecule has 1 heterocycles. The van der Waals surface area contributed by atoms with Gasteiger partial charge in [0.1, 0.15) is 4.90 Å². The lowest BCUT2D eigenvalue weighted by molar-refractivity contribution is 0.0660. The third kappa shape index (κ3) is 3.97. The second-order valence-corrected chi connectivity index (χ2v) is 8.52. The highest BCUT2D eigenvalue weighted by Gasteiger charge is 2.35. The smallest absolute Gasteiger partial charge is 0.339 e. The molecular formula is C23H18N2O6S. The van der Waals surface area contributed by atoms with Crippen LogP contribution in [0, 0.1) is 6.92 Å². The summed E-state index contributed by atoms with van der Waals surface area (Å²) in [6, 6.07) is 17.2. The number of methoxy groups -OCH3 is 1. The summed E-state index contributed by atoms with van der Waals surface area (Å²) in [7, 11) is -2.69. The maximum absolute atomic E-state index is 12.6. The predicted molar refractivity (Wildman–Crippen MR) is 117 cm³/mol. The molecular weight excluding hydrogens is 432 g/mol. The Morgan fingerprint density at radius 1 is 0.875 bits per heavy atom. The first-order chi connectivity index (χ1) is 15.3. The molecule has 0 atom stereocenters. The first-order valence-corrected chi connectivity index (χ1v) is 10.9. The Bertz CT molecular complexity index is 1310. The van der Waals surface area contributed by atoms with E-state index in [2.05, 4.69) is 5.10 Å². The fourth-order valence-corrected chi connectivity index (χ4v) is 4.05. The molecule has 0 saturated heterocycles. The van der Waals surface area contributed by atoms with E-state index in [1.807, 2.05) is 6.92 Å². The lowest BCUT2D eigenvalue weighted by atomic mass is 10.1. The number of carbonyl (C=O) groups excluding carboxylic acids is 2. The number of rotatable bonds is 6. The zero-order valence-electron chi connectivity index (χ0n) is 17.2. The number of ether oxygens (including phenoxy) is 1. The van der Waals surface area contributed by atoms with E-state index in [1.165, 1.54) is 43.7 Å². The van der Waals surface area contributed by atoms with Gasteiger partial charge in [0.15, 0.2) is 11.5 Å². The number of nitrogens with zero attached hydrogens (tertiary/aromatic N) is 2. The highest BCUT2D eigenvalue weighted by Crippen LogP contribution is 2.31. The van der Waals surface area contributed by atoms with Gasteiger partial charge in [0.25, 0.3) is 11.8 Å². The third-order valence-corrected chi connectivity index (χ3v) is 6.04. The van der Waals surface area contributed by atoms with Crippen LogP contribution in [0.4, 0.5) is 0 Å². The van der Waals surface area contributed by atoms with Gasteiger partial charge in [-0.25, -0.2) is 0 Å². The molecule has 0 radical (unpaired) electrons. The molecule has 0 bridgehead atoms. The molecule has 32 heavy (non-hydrogen) atoms. The van der Waals surface area contributed by atoms with E-state index in [0.29, 0.717) is 5.56 Å². The van der Waals surface area contributed by atoms with Crippen LogP contribution in [0.15, 0.2) is 76.7 Å². The molecule has 1 aliphatic heterocycles. The van der Waals surface area contributed by atoms with Gasteiger partial charge in [-0.2, -0.15) is 18.5 Å². The van der Waals surface area contributed by atoms with Crippen LogP contribution >= 0.6 is 0 Å². The molecule has 162 valence electrons. The Hall–Kier alpha value is -3.98. The fourth-order valence-electron chi connectivity index (χ4n) is 3.11. The second kappa shape index (κ2) is 8.27. The van der Waals surface area contributed by atoms with Crippen LogP contribution in [0.2, 0.25) is 0 Å². The minimum Gasteiger partial charge on any atom is -0.493 e. The minimum absolute atomic E-state index is 0.00837. The SMILES string of the molecule is COc1cc(/C=N/N2C(=O)c3ccccc3C2=O)ccc1OS(=O)(=O)c1ccc(C)cc1. The number of hydrogen-bond acceptors (Lipinski definition) is 7. The van der Waals surface area contributed by atoms with Crippen molar-refractivity contribution in [3.05, 3.63) is 89.0 Å². The maximum atomic E-state index is 12.6. The van der Waals surface area contributed by atoms with Crippen molar-refractivity contribution in [2.75, 3.05) is 7.11 Å². The van der Waals surface area contributed by atoms with Gasteiger partial charge in [0, 0.05) is 0 Å². The average Bonchev–Trinajstić information content (AvgIpc) is 3.03. The highest BCUT2D eigenvalue weighted by molar-refractivity contribution is 7.87. The van der Waals surface area contributed by atoms with Crippen LogP contribution in [-0.4, -0.2) is 38.6 Å². The molecule has 3 aromatic carbocycles. The Morgan fingerprint density at radius 2 is 1.50 bits per heavy atom. The molecule has 3 aromatic rings. The van der Waals surface area contributed by atoms with Crippen molar-refractivity contribution in [3.63, 3.8) is 0 Å². The summed E-state index contributed by atoms with van der Waals surface area (Å²) >= 11 is 0. The van der Waals surface area contributed by atoms with Crippen molar-refractivity contribution in [2.45, 2.75) is 11.8 Å². The van der Waals surface area contributed by atoms with E-state index in [9.17, 15) is 18.0 Å². The molecule has 2 amide bonds. The van der Waals surface area contributed by atoms with Crippen LogP contribution in [-0.2, 0) is 10.1 Å². The zero-order chi connectivity index (χ0) is 22.9. The molecule has 0 aliphatic carbocycles. The molecule has 9 heteroatoms. The maximum Gasteiger partial charge on any atom is 0.339 e. The monoisotopic (exact) mass is 450 g/mol. The summed E-state index contributed by atoms with van der Waals surface area (Å²) in [6.07, 6.45) is 1.31. The summed E-state index contributed by atoms with van der Waals surface area (Å²) in [5.74, 6) is -0.895. The van der Waals surface area contributed by atoms with Crippen molar-refractivity contribution in [2.24, 2.45) is 5.10 Å². The fraction of sp³-hybridized carbons (Fsp3) is 0.0870. The summed E-state index contributed by atoms with van der Waals surface area (Å²) in [5.41, 5.74) is 1.97. The van der Waals surface area contributed by atoms with Crippen LogP contribution in [0.25, 0.3) is 0 Å². The summed E-state index contributed by atoms with van der Waals surface area (Å²) < 4.78 is 35.6. The normalized spacial score (nSPS) is 13.5. The Morgan fingerprint density at radius 3 is 2.09 bits per heavy atom. The molecule has 0 saturated carbocycles. The Balaban J connectivity index is 1.56. The van der Waals surface area contributed by atoms with Crippen molar-refractivity contribution in [3.8, 4) is 11.5 Å². The third-order valence-electron chi connectivity index (χ3n) is 4.79. The van der Waals surface area contributed by atoms with Gasteiger partial charge in [0.2, 0.25) is 0 Å². The van der Waals surface area contributed by atoms with E-state index in [-0.39, 0.29) is 27.5 Å². The van der Waals surface area contributed by atoms with Gasteiger partial charge in [0.05, 0.1) is 24.5 Å². The van der Waals surface area contributed by atoms with E-state index in [1.54, 1.807) is 36.4 Å². The highest BCUT2D eigenvalue weighted by atomic mass is 32.2. The summed E-state index contributed by atoms with van der Waals surface area (Å²) in [6.45, 7) is 1.85. The second-order valence-electron chi connectivity index (χ2n) is 6.97. The first-order valence-electron chi connectivity index (χ1n) is 9.51. The average molecular weight is 450 g/mol. The van der Waals surface area contributed by atoms with Gasteiger partial charge < -0.3 is 8.92 Å². The molecule has 0 unspecified atom stereocenters. The van der Waals surface area contributed by atoms with Gasteiger partial charge in [-0.05, 0) is 55.0 Å². The van der Waals surface area contributed by atoms with Crippen molar-refractivity contribution in [1.29, 1.82) is 0 Å². The molecule has 1 aliphatic rings. The molecule has 8 nitrogen and oxygen atoms in total. The Labute approximate surface area is 184 Å².